The van der Waals surface area contributed by atoms with E-state index in [1.807, 2.05) is 81.4 Å². The summed E-state index contributed by atoms with van der Waals surface area (Å²) < 4.78 is 6.07. The summed E-state index contributed by atoms with van der Waals surface area (Å²) in [6.45, 7) is 6.00. The van der Waals surface area contributed by atoms with Crippen LogP contribution in [-0.4, -0.2) is 12.0 Å². The molecule has 0 fully saturated rings. The van der Waals surface area contributed by atoms with Crippen molar-refractivity contribution in [1.29, 1.82) is 0 Å². The Bertz CT molecular complexity index is 896. The third kappa shape index (κ3) is 3.66. The first-order valence-corrected chi connectivity index (χ1v) is 8.61. The van der Waals surface area contributed by atoms with Gasteiger partial charge in [-0.05, 0) is 48.9 Å². The van der Waals surface area contributed by atoms with E-state index in [4.69, 9.17) is 4.74 Å². The van der Waals surface area contributed by atoms with E-state index in [1.165, 1.54) is 0 Å². The highest BCUT2D eigenvalue weighted by atomic mass is 16.5. The van der Waals surface area contributed by atoms with Crippen LogP contribution >= 0.6 is 0 Å². The summed E-state index contributed by atoms with van der Waals surface area (Å²) in [5.74, 6) is 0.616. The van der Waals surface area contributed by atoms with Crippen molar-refractivity contribution in [2.24, 2.45) is 0 Å². The van der Waals surface area contributed by atoms with Gasteiger partial charge in [0, 0.05) is 11.1 Å². The molecule has 0 spiro atoms. The van der Waals surface area contributed by atoms with Crippen LogP contribution in [0.4, 0.5) is 5.69 Å². The first-order valence-electron chi connectivity index (χ1n) is 8.61. The molecule has 0 radical (unpaired) electrons. The fraction of sp³-hybridized carbons (Fsp3) is 0.227. The van der Waals surface area contributed by atoms with Gasteiger partial charge < -0.3 is 10.1 Å². The van der Waals surface area contributed by atoms with Gasteiger partial charge in [-0.25, -0.2) is 0 Å². The second kappa shape index (κ2) is 7.39. The van der Waals surface area contributed by atoms with E-state index >= 15 is 0 Å². The molecular formula is C22H23NO2. The molecule has 0 bridgehead atoms. The summed E-state index contributed by atoms with van der Waals surface area (Å²) in [6.07, 6.45) is 0.0608. The molecule has 0 aliphatic rings. The summed E-state index contributed by atoms with van der Waals surface area (Å²) in [4.78, 5) is 12.7. The van der Waals surface area contributed by atoms with E-state index in [0.717, 1.165) is 33.3 Å². The number of carbonyl (C=O) groups excluding carboxylic acids is 1. The Labute approximate surface area is 148 Å². The molecule has 3 aromatic carbocycles. The standard InChI is InChI=1S/C22H23NO2/c1-4-20(22(24)23-19-13-7-9-15(2)16(19)3)25-21-14-8-11-17-10-5-6-12-18(17)21/h5-14,20H,4H2,1-3H3,(H,23,24)/t20-/m1/s1. The van der Waals surface area contributed by atoms with Crippen molar-refractivity contribution in [3.05, 3.63) is 71.8 Å². The van der Waals surface area contributed by atoms with E-state index in [2.05, 4.69) is 5.32 Å². The Balaban J connectivity index is 1.82. The van der Waals surface area contributed by atoms with Crippen molar-refractivity contribution in [2.75, 3.05) is 5.32 Å². The van der Waals surface area contributed by atoms with Gasteiger partial charge in [0.05, 0.1) is 0 Å². The molecule has 1 N–H and O–H groups in total. The number of carbonyl (C=O) groups is 1. The zero-order valence-corrected chi connectivity index (χ0v) is 14.9. The van der Waals surface area contributed by atoms with Gasteiger partial charge in [-0.15, -0.1) is 0 Å². The molecule has 3 heteroatoms. The number of hydrogen-bond acceptors (Lipinski definition) is 2. The monoisotopic (exact) mass is 333 g/mol. The first kappa shape index (κ1) is 17.0. The van der Waals surface area contributed by atoms with Crippen LogP contribution in [0.2, 0.25) is 0 Å². The second-order valence-electron chi connectivity index (χ2n) is 6.23. The zero-order chi connectivity index (χ0) is 17.8. The van der Waals surface area contributed by atoms with Crippen LogP contribution in [0.1, 0.15) is 24.5 Å². The predicted molar refractivity (Wildman–Crippen MR) is 103 cm³/mol. The van der Waals surface area contributed by atoms with Crippen molar-refractivity contribution in [1.82, 2.24) is 0 Å². The normalized spacial score (nSPS) is 12.0. The third-order valence-electron chi connectivity index (χ3n) is 4.54. The summed E-state index contributed by atoms with van der Waals surface area (Å²) >= 11 is 0. The lowest BCUT2D eigenvalue weighted by atomic mass is 10.1. The maximum atomic E-state index is 12.7. The zero-order valence-electron chi connectivity index (χ0n) is 14.9. The van der Waals surface area contributed by atoms with Gasteiger partial charge in [0.15, 0.2) is 6.10 Å². The number of anilines is 1. The maximum Gasteiger partial charge on any atom is 0.265 e. The summed E-state index contributed by atoms with van der Waals surface area (Å²) in [5.41, 5.74) is 3.07. The highest BCUT2D eigenvalue weighted by Gasteiger charge is 2.20. The smallest absolute Gasteiger partial charge is 0.265 e. The minimum Gasteiger partial charge on any atom is -0.480 e. The molecule has 0 aliphatic carbocycles. The second-order valence-corrected chi connectivity index (χ2v) is 6.23. The van der Waals surface area contributed by atoms with Crippen molar-refractivity contribution < 1.29 is 9.53 Å². The first-order chi connectivity index (χ1) is 12.1. The number of hydrogen-bond donors (Lipinski definition) is 1. The van der Waals surface area contributed by atoms with E-state index in [-0.39, 0.29) is 5.91 Å². The summed E-state index contributed by atoms with van der Waals surface area (Å²) in [6, 6.07) is 19.8. The molecule has 0 aliphatic heterocycles. The molecule has 3 rings (SSSR count). The quantitative estimate of drug-likeness (QED) is 0.692. The van der Waals surface area contributed by atoms with E-state index in [0.29, 0.717) is 6.42 Å². The fourth-order valence-electron chi connectivity index (χ4n) is 2.87. The Morgan fingerprint density at radius 2 is 1.72 bits per heavy atom. The van der Waals surface area contributed by atoms with Crippen molar-refractivity contribution in [3.8, 4) is 5.75 Å². The molecule has 1 atom stereocenters. The number of nitrogens with one attached hydrogen (secondary N) is 1. The highest BCUT2D eigenvalue weighted by Crippen LogP contribution is 2.27. The Morgan fingerprint density at radius 1 is 1.00 bits per heavy atom. The van der Waals surface area contributed by atoms with E-state index < -0.39 is 6.10 Å². The molecule has 25 heavy (non-hydrogen) atoms. The molecule has 0 aromatic heterocycles. The lowest BCUT2D eigenvalue weighted by molar-refractivity contribution is -0.122. The minimum absolute atomic E-state index is 0.121. The van der Waals surface area contributed by atoms with Gasteiger partial charge in [0.25, 0.3) is 5.91 Å². The van der Waals surface area contributed by atoms with Gasteiger partial charge in [0.2, 0.25) is 0 Å². The van der Waals surface area contributed by atoms with Crippen LogP contribution in [0, 0.1) is 13.8 Å². The number of benzene rings is 3. The lowest BCUT2D eigenvalue weighted by Crippen LogP contribution is -2.32. The van der Waals surface area contributed by atoms with Crippen molar-refractivity contribution >= 4 is 22.4 Å². The lowest BCUT2D eigenvalue weighted by Gasteiger charge is -2.19. The van der Waals surface area contributed by atoms with E-state index in [9.17, 15) is 4.79 Å². The Morgan fingerprint density at radius 3 is 2.52 bits per heavy atom. The van der Waals surface area contributed by atoms with Gasteiger partial charge in [-0.3, -0.25) is 4.79 Å². The summed E-state index contributed by atoms with van der Waals surface area (Å²) in [7, 11) is 0. The SMILES string of the molecule is CC[C@@H](Oc1cccc2ccccc12)C(=O)Nc1cccc(C)c1C. The molecule has 0 heterocycles. The molecule has 0 unspecified atom stereocenters. The predicted octanol–water partition coefficient (Wildman–Crippen LogP) is 5.25. The molecule has 3 nitrogen and oxygen atoms in total. The van der Waals surface area contributed by atoms with E-state index in [1.54, 1.807) is 0 Å². The Kier molecular flexibility index (Phi) is 5.03. The number of aryl methyl sites for hydroxylation is 1. The highest BCUT2D eigenvalue weighted by molar-refractivity contribution is 5.96. The number of fused-ring (bicyclic) bond motifs is 1. The molecular weight excluding hydrogens is 310 g/mol. The minimum atomic E-state index is -0.536. The molecule has 0 saturated carbocycles. The fourth-order valence-corrected chi connectivity index (χ4v) is 2.87. The van der Waals surface area contributed by atoms with Gasteiger partial charge >= 0.3 is 0 Å². The van der Waals surface area contributed by atoms with Crippen LogP contribution in [0.15, 0.2) is 60.7 Å². The number of rotatable bonds is 5. The average Bonchev–Trinajstić information content (AvgIpc) is 2.63. The number of ether oxygens (including phenoxy) is 1. The maximum absolute atomic E-state index is 12.7. The number of amides is 1. The average molecular weight is 333 g/mol. The molecule has 1 amide bonds. The van der Waals surface area contributed by atoms with Crippen LogP contribution < -0.4 is 10.1 Å². The molecule has 0 saturated heterocycles. The van der Waals surface area contributed by atoms with Crippen LogP contribution in [-0.2, 0) is 4.79 Å². The van der Waals surface area contributed by atoms with Crippen LogP contribution in [0.3, 0.4) is 0 Å². The molecule has 128 valence electrons. The van der Waals surface area contributed by atoms with Gasteiger partial charge in [0.1, 0.15) is 5.75 Å². The van der Waals surface area contributed by atoms with Gasteiger partial charge in [-0.1, -0.05) is 55.5 Å². The van der Waals surface area contributed by atoms with Crippen LogP contribution in [0.25, 0.3) is 10.8 Å². The largest absolute Gasteiger partial charge is 0.480 e. The summed E-state index contributed by atoms with van der Waals surface area (Å²) in [5, 5.41) is 5.12. The van der Waals surface area contributed by atoms with Crippen molar-refractivity contribution in [3.63, 3.8) is 0 Å². The van der Waals surface area contributed by atoms with Crippen LogP contribution in [0.5, 0.6) is 5.75 Å². The topological polar surface area (TPSA) is 38.3 Å². The molecule has 3 aromatic rings. The van der Waals surface area contributed by atoms with Crippen molar-refractivity contribution in [2.45, 2.75) is 33.3 Å². The van der Waals surface area contributed by atoms with Gasteiger partial charge in [-0.2, -0.15) is 0 Å². The third-order valence-corrected chi connectivity index (χ3v) is 4.54. The Hall–Kier alpha value is -2.81.